The first kappa shape index (κ1) is 23.4. The highest BCUT2D eigenvalue weighted by Gasteiger charge is 2.15. The van der Waals surface area contributed by atoms with Crippen LogP contribution in [0, 0.1) is 5.92 Å². The number of nitrogens with zero attached hydrogens (tertiary/aromatic N) is 1. The van der Waals surface area contributed by atoms with E-state index < -0.39 is 0 Å². The fourth-order valence-electron chi connectivity index (χ4n) is 3.51. The number of benzene rings is 3. The predicted molar refractivity (Wildman–Crippen MR) is 141 cm³/mol. The molecule has 0 saturated carbocycles. The number of rotatable bonds is 7. The van der Waals surface area contributed by atoms with Gasteiger partial charge in [0, 0.05) is 17.5 Å². The number of carbonyl (C=O) groups is 1. The van der Waals surface area contributed by atoms with Gasteiger partial charge in [-0.25, -0.2) is 4.98 Å². The smallest absolute Gasteiger partial charge is 0.258 e. The van der Waals surface area contributed by atoms with E-state index in [9.17, 15) is 4.79 Å². The zero-order valence-electron chi connectivity index (χ0n) is 19.2. The number of hydrogen-bond donors (Lipinski definition) is 2. The number of aromatic nitrogens is 1. The fourth-order valence-corrected chi connectivity index (χ4v) is 3.68. The predicted octanol–water partition coefficient (Wildman–Crippen LogP) is 5.74. The van der Waals surface area contributed by atoms with Crippen molar-refractivity contribution in [3.05, 3.63) is 96.1 Å². The molecule has 1 heterocycles. The molecular weight excluding hydrogens is 442 g/mol. The van der Waals surface area contributed by atoms with Gasteiger partial charge < -0.3 is 10.1 Å². The minimum atomic E-state index is -0.280. The molecule has 3 aromatic carbocycles. The van der Waals surface area contributed by atoms with E-state index in [0.717, 1.165) is 27.8 Å². The van der Waals surface area contributed by atoms with Crippen molar-refractivity contribution < 1.29 is 9.53 Å². The molecule has 4 rings (SSSR count). The summed E-state index contributed by atoms with van der Waals surface area (Å²) in [6.07, 6.45) is 0. The molecular formula is C28H27N3O2S. The summed E-state index contributed by atoms with van der Waals surface area (Å²) >= 11 is 5.37. The number of hydrogen-bond acceptors (Lipinski definition) is 4. The Bertz CT molecular complexity index is 1310. The fraction of sp³-hybridized carbons (Fsp3) is 0.179. The van der Waals surface area contributed by atoms with Crippen molar-refractivity contribution in [3.63, 3.8) is 0 Å². The number of nitrogens with one attached hydrogen (secondary N) is 2. The molecule has 2 N–H and O–H groups in total. The lowest BCUT2D eigenvalue weighted by Crippen LogP contribution is -2.39. The monoisotopic (exact) mass is 469 g/mol. The first-order valence-corrected chi connectivity index (χ1v) is 11.7. The van der Waals surface area contributed by atoms with Crippen molar-refractivity contribution >= 4 is 34.1 Å². The van der Waals surface area contributed by atoms with Gasteiger partial charge in [0.15, 0.2) is 5.11 Å². The van der Waals surface area contributed by atoms with Crippen LogP contribution in [0.25, 0.3) is 22.2 Å². The Morgan fingerprint density at radius 2 is 1.74 bits per heavy atom. The number of fused-ring (bicyclic) bond motifs is 1. The van der Waals surface area contributed by atoms with E-state index in [-0.39, 0.29) is 11.0 Å². The number of pyridine rings is 1. The molecule has 6 heteroatoms. The molecule has 34 heavy (non-hydrogen) atoms. The number of carbonyl (C=O) groups excluding carboxylic acids is 1. The van der Waals surface area contributed by atoms with Crippen LogP contribution in [-0.4, -0.2) is 22.6 Å². The summed E-state index contributed by atoms with van der Waals surface area (Å²) in [4.78, 5) is 18.0. The lowest BCUT2D eigenvalue weighted by Gasteiger charge is -2.13. The van der Waals surface area contributed by atoms with Crippen molar-refractivity contribution in [1.82, 2.24) is 15.6 Å². The first-order valence-electron chi connectivity index (χ1n) is 11.3. The zero-order chi connectivity index (χ0) is 23.9. The Morgan fingerprint density at radius 3 is 2.53 bits per heavy atom. The van der Waals surface area contributed by atoms with Gasteiger partial charge in [0.1, 0.15) is 5.75 Å². The van der Waals surface area contributed by atoms with Crippen molar-refractivity contribution in [2.45, 2.75) is 20.4 Å². The van der Waals surface area contributed by atoms with E-state index in [4.69, 9.17) is 21.9 Å². The third-order valence-electron chi connectivity index (χ3n) is 5.20. The summed E-state index contributed by atoms with van der Waals surface area (Å²) in [5.41, 5.74) is 3.91. The maximum absolute atomic E-state index is 13.2. The lowest BCUT2D eigenvalue weighted by atomic mass is 10.0. The normalized spacial score (nSPS) is 10.8. The molecule has 5 nitrogen and oxygen atoms in total. The molecule has 0 aliphatic heterocycles. The molecule has 0 atom stereocenters. The van der Waals surface area contributed by atoms with Gasteiger partial charge in [0.2, 0.25) is 0 Å². The van der Waals surface area contributed by atoms with E-state index in [1.807, 2.05) is 78.9 Å². The lowest BCUT2D eigenvalue weighted by molar-refractivity contribution is 0.0978. The summed E-state index contributed by atoms with van der Waals surface area (Å²) in [5, 5.41) is 6.95. The van der Waals surface area contributed by atoms with Crippen LogP contribution in [-0.2, 0) is 6.54 Å². The molecule has 0 aliphatic carbocycles. The van der Waals surface area contributed by atoms with E-state index in [2.05, 4.69) is 24.5 Å². The highest BCUT2D eigenvalue weighted by Crippen LogP contribution is 2.27. The first-order chi connectivity index (χ1) is 16.5. The van der Waals surface area contributed by atoms with E-state index in [0.29, 0.717) is 30.3 Å². The van der Waals surface area contributed by atoms with Gasteiger partial charge in [-0.3, -0.25) is 10.1 Å². The quantitative estimate of drug-likeness (QED) is 0.338. The standard InChI is InChI=1S/C28H27N3O2S/c1-19(2)18-33-22-12-8-11-21(15-22)26-16-24(23-13-6-7-14-25(23)30-26)27(32)31-28(34)29-17-20-9-4-3-5-10-20/h3-16,19H,17-18H2,1-2H3,(H2,29,31,32,34). The van der Waals surface area contributed by atoms with E-state index in [1.165, 1.54) is 0 Å². The van der Waals surface area contributed by atoms with Crippen LogP contribution in [0.15, 0.2) is 84.9 Å². The van der Waals surface area contributed by atoms with Crippen LogP contribution < -0.4 is 15.4 Å². The van der Waals surface area contributed by atoms with E-state index >= 15 is 0 Å². The molecule has 0 fully saturated rings. The van der Waals surface area contributed by atoms with Crippen molar-refractivity contribution in [2.24, 2.45) is 5.92 Å². The summed E-state index contributed by atoms with van der Waals surface area (Å²) in [6, 6.07) is 27.1. The van der Waals surface area contributed by atoms with Crippen LogP contribution >= 0.6 is 12.2 Å². The van der Waals surface area contributed by atoms with Gasteiger partial charge in [-0.2, -0.15) is 0 Å². The zero-order valence-corrected chi connectivity index (χ0v) is 20.1. The number of amides is 1. The average molecular weight is 470 g/mol. The Morgan fingerprint density at radius 1 is 0.971 bits per heavy atom. The van der Waals surface area contributed by atoms with Gasteiger partial charge in [-0.05, 0) is 48.0 Å². The summed E-state index contributed by atoms with van der Waals surface area (Å²) < 4.78 is 5.88. The molecule has 1 aromatic heterocycles. The van der Waals surface area contributed by atoms with Gasteiger partial charge in [-0.1, -0.05) is 74.5 Å². The largest absolute Gasteiger partial charge is 0.493 e. The van der Waals surface area contributed by atoms with Crippen LogP contribution in [0.4, 0.5) is 0 Å². The van der Waals surface area contributed by atoms with Crippen LogP contribution in [0.2, 0.25) is 0 Å². The summed E-state index contributed by atoms with van der Waals surface area (Å²) in [6.45, 7) is 5.39. The summed E-state index contributed by atoms with van der Waals surface area (Å²) in [5.74, 6) is 0.924. The second-order valence-corrected chi connectivity index (χ2v) is 8.84. The molecule has 0 saturated heterocycles. The molecule has 0 bridgehead atoms. The van der Waals surface area contributed by atoms with Gasteiger partial charge in [0.05, 0.1) is 23.4 Å². The molecule has 172 valence electrons. The van der Waals surface area contributed by atoms with Gasteiger partial charge in [0.25, 0.3) is 5.91 Å². The van der Waals surface area contributed by atoms with Crippen molar-refractivity contribution in [1.29, 1.82) is 0 Å². The average Bonchev–Trinajstić information content (AvgIpc) is 2.86. The Labute approximate surface area is 205 Å². The van der Waals surface area contributed by atoms with Gasteiger partial charge >= 0.3 is 0 Å². The third kappa shape index (κ3) is 5.97. The Balaban J connectivity index is 1.58. The highest BCUT2D eigenvalue weighted by molar-refractivity contribution is 7.80. The Kier molecular flexibility index (Phi) is 7.50. The number of ether oxygens (including phenoxy) is 1. The number of thiocarbonyl (C=S) groups is 1. The summed E-state index contributed by atoms with van der Waals surface area (Å²) in [7, 11) is 0. The highest BCUT2D eigenvalue weighted by atomic mass is 32.1. The number of para-hydroxylation sites is 1. The molecule has 0 unspecified atom stereocenters. The minimum Gasteiger partial charge on any atom is -0.493 e. The molecule has 1 amide bonds. The third-order valence-corrected chi connectivity index (χ3v) is 5.44. The van der Waals surface area contributed by atoms with E-state index in [1.54, 1.807) is 6.07 Å². The molecule has 4 aromatic rings. The van der Waals surface area contributed by atoms with Crippen molar-refractivity contribution in [2.75, 3.05) is 6.61 Å². The SMILES string of the molecule is CC(C)COc1cccc(-c2cc(C(=O)NC(=S)NCc3ccccc3)c3ccccc3n2)c1. The van der Waals surface area contributed by atoms with Crippen LogP contribution in [0.1, 0.15) is 29.8 Å². The van der Waals surface area contributed by atoms with Crippen LogP contribution in [0.5, 0.6) is 5.75 Å². The van der Waals surface area contributed by atoms with Crippen LogP contribution in [0.3, 0.4) is 0 Å². The molecule has 0 radical (unpaired) electrons. The Hall–Kier alpha value is -3.77. The molecule has 0 spiro atoms. The second kappa shape index (κ2) is 10.9. The molecule has 0 aliphatic rings. The van der Waals surface area contributed by atoms with Gasteiger partial charge in [-0.15, -0.1) is 0 Å². The topological polar surface area (TPSA) is 63.2 Å². The minimum absolute atomic E-state index is 0.278. The second-order valence-electron chi connectivity index (χ2n) is 8.43. The van der Waals surface area contributed by atoms with Crippen molar-refractivity contribution in [3.8, 4) is 17.0 Å². The maximum atomic E-state index is 13.2. The maximum Gasteiger partial charge on any atom is 0.258 e.